The summed E-state index contributed by atoms with van der Waals surface area (Å²) in [4.78, 5) is 37.3. The molecule has 1 amide bonds. The van der Waals surface area contributed by atoms with E-state index in [-0.39, 0.29) is 5.82 Å². The molecule has 0 fully saturated rings. The van der Waals surface area contributed by atoms with Crippen LogP contribution < -0.4 is 5.32 Å². The Balaban J connectivity index is 1.60. The lowest BCUT2D eigenvalue weighted by Gasteiger charge is -2.06. The SMILES string of the molecule is O=C(Nc1ccnc(-c2ccccn2)n1)c1ncnn1-c1cnccn1. The minimum Gasteiger partial charge on any atom is -0.304 e. The fraction of sp³-hybridized carbons (Fsp3) is 0. The standard InChI is InChI=1S/C16H11N9O/c26-16(15-21-10-22-25(15)13-9-17-7-8-19-13)24-12-4-6-20-14(23-12)11-3-1-2-5-18-11/h1-10H,(H,20,23,24,26). The molecular weight excluding hydrogens is 334 g/mol. The molecule has 4 rings (SSSR count). The molecule has 0 radical (unpaired) electrons. The van der Waals surface area contributed by atoms with Crippen LogP contribution in [0.15, 0.2) is 61.6 Å². The van der Waals surface area contributed by atoms with Gasteiger partial charge in [0.2, 0.25) is 5.82 Å². The first-order valence-corrected chi connectivity index (χ1v) is 7.53. The van der Waals surface area contributed by atoms with Gasteiger partial charge in [0.1, 0.15) is 17.8 Å². The second-order valence-corrected chi connectivity index (χ2v) is 4.99. The monoisotopic (exact) mass is 345 g/mol. The van der Waals surface area contributed by atoms with Crippen molar-refractivity contribution >= 4 is 11.7 Å². The fourth-order valence-corrected chi connectivity index (χ4v) is 2.18. The molecule has 0 spiro atoms. The van der Waals surface area contributed by atoms with Gasteiger partial charge in [-0.2, -0.15) is 9.78 Å². The molecule has 4 aromatic rings. The molecule has 10 nitrogen and oxygen atoms in total. The zero-order valence-corrected chi connectivity index (χ0v) is 13.3. The van der Waals surface area contributed by atoms with Crippen molar-refractivity contribution in [2.75, 3.05) is 5.32 Å². The Hall–Kier alpha value is -4.08. The summed E-state index contributed by atoms with van der Waals surface area (Å²) in [5.74, 6) is 0.674. The normalized spacial score (nSPS) is 10.5. The third-order valence-electron chi connectivity index (χ3n) is 3.31. The van der Waals surface area contributed by atoms with Crippen LogP contribution in [0, 0.1) is 0 Å². The summed E-state index contributed by atoms with van der Waals surface area (Å²) in [6.07, 6.45) is 8.97. The van der Waals surface area contributed by atoms with Gasteiger partial charge >= 0.3 is 0 Å². The Morgan fingerprint density at radius 3 is 2.73 bits per heavy atom. The number of nitrogens with one attached hydrogen (secondary N) is 1. The van der Waals surface area contributed by atoms with Crippen molar-refractivity contribution in [3.63, 3.8) is 0 Å². The van der Waals surface area contributed by atoms with E-state index in [1.54, 1.807) is 30.6 Å². The number of aromatic nitrogens is 8. The molecule has 0 aromatic carbocycles. The van der Waals surface area contributed by atoms with E-state index in [1.165, 1.54) is 29.6 Å². The Labute approximate surface area is 147 Å². The predicted molar refractivity (Wildman–Crippen MR) is 90.2 cm³/mol. The largest absolute Gasteiger partial charge is 0.304 e. The molecule has 0 saturated carbocycles. The van der Waals surface area contributed by atoms with Crippen LogP contribution in [-0.2, 0) is 0 Å². The third-order valence-corrected chi connectivity index (χ3v) is 3.31. The minimum absolute atomic E-state index is 0.0588. The summed E-state index contributed by atoms with van der Waals surface area (Å²) in [6, 6.07) is 6.99. The Morgan fingerprint density at radius 2 is 1.92 bits per heavy atom. The first-order chi connectivity index (χ1) is 12.8. The highest BCUT2D eigenvalue weighted by Gasteiger charge is 2.17. The summed E-state index contributed by atoms with van der Waals surface area (Å²) < 4.78 is 1.29. The molecule has 4 aromatic heterocycles. The summed E-state index contributed by atoms with van der Waals surface area (Å²) in [6.45, 7) is 0. The molecule has 0 unspecified atom stereocenters. The molecule has 0 aliphatic carbocycles. The topological polar surface area (TPSA) is 124 Å². The molecule has 26 heavy (non-hydrogen) atoms. The van der Waals surface area contributed by atoms with Crippen molar-refractivity contribution in [2.24, 2.45) is 0 Å². The van der Waals surface area contributed by atoms with E-state index in [4.69, 9.17) is 0 Å². The Bertz CT molecular complexity index is 1030. The number of carbonyl (C=O) groups is 1. The lowest BCUT2D eigenvalue weighted by atomic mass is 10.3. The minimum atomic E-state index is -0.487. The number of hydrogen-bond acceptors (Lipinski definition) is 8. The number of amides is 1. The summed E-state index contributed by atoms with van der Waals surface area (Å²) in [5.41, 5.74) is 0.603. The average Bonchev–Trinajstić information content (AvgIpc) is 3.20. The van der Waals surface area contributed by atoms with Gasteiger partial charge in [-0.15, -0.1) is 0 Å². The maximum atomic E-state index is 12.6. The molecule has 0 saturated heterocycles. The molecular formula is C16H11N9O. The first-order valence-electron chi connectivity index (χ1n) is 7.53. The van der Waals surface area contributed by atoms with E-state index in [1.807, 2.05) is 6.07 Å². The molecule has 0 aliphatic heterocycles. The first kappa shape index (κ1) is 15.4. The van der Waals surface area contributed by atoms with Crippen molar-refractivity contribution in [3.8, 4) is 17.3 Å². The highest BCUT2D eigenvalue weighted by Crippen LogP contribution is 2.14. The van der Waals surface area contributed by atoms with Crippen LogP contribution in [0.1, 0.15) is 10.6 Å². The number of carbonyl (C=O) groups excluding carboxylic acids is 1. The van der Waals surface area contributed by atoms with Crippen molar-refractivity contribution in [3.05, 3.63) is 67.4 Å². The van der Waals surface area contributed by atoms with Gasteiger partial charge in [0, 0.05) is 24.8 Å². The van der Waals surface area contributed by atoms with Crippen LogP contribution in [0.2, 0.25) is 0 Å². The van der Waals surface area contributed by atoms with Gasteiger partial charge in [-0.25, -0.2) is 19.9 Å². The van der Waals surface area contributed by atoms with Crippen LogP contribution in [-0.4, -0.2) is 45.6 Å². The second-order valence-electron chi connectivity index (χ2n) is 4.99. The van der Waals surface area contributed by atoms with Crippen LogP contribution in [0.4, 0.5) is 5.82 Å². The van der Waals surface area contributed by atoms with Gasteiger partial charge in [0.05, 0.1) is 6.20 Å². The molecule has 1 N–H and O–H groups in total. The van der Waals surface area contributed by atoms with Crippen LogP contribution in [0.3, 0.4) is 0 Å². The molecule has 0 atom stereocenters. The van der Waals surface area contributed by atoms with Crippen molar-refractivity contribution in [1.29, 1.82) is 0 Å². The van der Waals surface area contributed by atoms with Gasteiger partial charge < -0.3 is 5.32 Å². The maximum Gasteiger partial charge on any atom is 0.294 e. The average molecular weight is 345 g/mol. The second kappa shape index (κ2) is 6.81. The zero-order chi connectivity index (χ0) is 17.8. The van der Waals surface area contributed by atoms with Crippen molar-refractivity contribution in [2.45, 2.75) is 0 Å². The smallest absolute Gasteiger partial charge is 0.294 e. The molecule has 0 bridgehead atoms. The predicted octanol–water partition coefficient (Wildman–Crippen LogP) is 1.16. The quantitative estimate of drug-likeness (QED) is 0.584. The number of anilines is 1. The van der Waals surface area contributed by atoms with Gasteiger partial charge in [-0.3, -0.25) is 14.8 Å². The van der Waals surface area contributed by atoms with Crippen LogP contribution in [0.5, 0.6) is 0 Å². The fourth-order valence-electron chi connectivity index (χ4n) is 2.18. The molecule has 126 valence electrons. The summed E-state index contributed by atoms with van der Waals surface area (Å²) in [7, 11) is 0. The number of nitrogens with zero attached hydrogens (tertiary/aromatic N) is 8. The molecule has 0 aliphatic rings. The number of hydrogen-bond donors (Lipinski definition) is 1. The third kappa shape index (κ3) is 3.11. The zero-order valence-electron chi connectivity index (χ0n) is 13.3. The van der Waals surface area contributed by atoms with Crippen molar-refractivity contribution in [1.82, 2.24) is 39.7 Å². The lowest BCUT2D eigenvalue weighted by Crippen LogP contribution is -2.19. The highest BCUT2D eigenvalue weighted by atomic mass is 16.2. The Kier molecular flexibility index (Phi) is 4.04. The molecule has 4 heterocycles. The summed E-state index contributed by atoms with van der Waals surface area (Å²) >= 11 is 0. The number of rotatable bonds is 4. The van der Waals surface area contributed by atoms with Gasteiger partial charge in [0.15, 0.2) is 11.6 Å². The van der Waals surface area contributed by atoms with Crippen LogP contribution >= 0.6 is 0 Å². The van der Waals surface area contributed by atoms with E-state index in [0.29, 0.717) is 23.2 Å². The van der Waals surface area contributed by atoms with E-state index in [9.17, 15) is 4.79 Å². The molecule has 10 heteroatoms. The Morgan fingerprint density at radius 1 is 0.962 bits per heavy atom. The van der Waals surface area contributed by atoms with E-state index < -0.39 is 5.91 Å². The van der Waals surface area contributed by atoms with E-state index in [0.717, 1.165) is 0 Å². The van der Waals surface area contributed by atoms with E-state index >= 15 is 0 Å². The van der Waals surface area contributed by atoms with Gasteiger partial charge in [0.25, 0.3) is 5.91 Å². The lowest BCUT2D eigenvalue weighted by molar-refractivity contribution is 0.101. The number of pyridine rings is 1. The summed E-state index contributed by atoms with van der Waals surface area (Å²) in [5, 5.41) is 6.69. The van der Waals surface area contributed by atoms with E-state index in [2.05, 4.69) is 40.3 Å². The van der Waals surface area contributed by atoms with Gasteiger partial charge in [-0.1, -0.05) is 6.07 Å². The van der Waals surface area contributed by atoms with Crippen LogP contribution in [0.25, 0.3) is 17.3 Å². The maximum absolute atomic E-state index is 12.6. The van der Waals surface area contributed by atoms with Crippen molar-refractivity contribution < 1.29 is 4.79 Å². The highest BCUT2D eigenvalue weighted by molar-refractivity contribution is 6.01. The van der Waals surface area contributed by atoms with Gasteiger partial charge in [-0.05, 0) is 18.2 Å².